The summed E-state index contributed by atoms with van der Waals surface area (Å²) in [5.74, 6) is -2.57. The molecule has 0 spiro atoms. The van der Waals surface area contributed by atoms with Crippen molar-refractivity contribution in [3.8, 4) is 0 Å². The number of carbonyl (C=O) groups excluding carboxylic acids is 3. The number of imide groups is 1. The molecule has 154 valence electrons. The van der Waals surface area contributed by atoms with Gasteiger partial charge in [-0.05, 0) is 42.3 Å². The van der Waals surface area contributed by atoms with Crippen molar-refractivity contribution in [1.82, 2.24) is 4.90 Å². The molecule has 0 aromatic heterocycles. The third-order valence-electron chi connectivity index (χ3n) is 5.11. The number of benzene rings is 3. The van der Waals surface area contributed by atoms with Gasteiger partial charge in [-0.1, -0.05) is 42.5 Å². The molecule has 31 heavy (non-hydrogen) atoms. The van der Waals surface area contributed by atoms with Gasteiger partial charge in [0, 0.05) is 12.1 Å². The number of amides is 3. The Bertz CT molecular complexity index is 1200. The van der Waals surface area contributed by atoms with Gasteiger partial charge < -0.3 is 10.4 Å². The lowest BCUT2D eigenvalue weighted by Gasteiger charge is -2.13. The van der Waals surface area contributed by atoms with E-state index in [0.717, 1.165) is 5.56 Å². The second kappa shape index (κ2) is 8.23. The molecule has 0 fully saturated rings. The van der Waals surface area contributed by atoms with E-state index < -0.39 is 17.8 Å². The number of nitrogens with zero attached hydrogens (tertiary/aromatic N) is 1. The standard InChI is InChI=1S/C24H18N2O5/c27-21(25-20-9-5-4-8-18(20)24(30)31)16-10-11-17-19(14-16)23(29)26(22(17)28)13-12-15-6-2-1-3-7-15/h1-11,14H,12-13H2,(H,25,27)(H,30,31). The molecule has 0 saturated carbocycles. The highest BCUT2D eigenvalue weighted by Gasteiger charge is 2.35. The summed E-state index contributed by atoms with van der Waals surface area (Å²) in [6, 6.07) is 19.8. The van der Waals surface area contributed by atoms with Gasteiger partial charge in [0.15, 0.2) is 0 Å². The van der Waals surface area contributed by atoms with Crippen LogP contribution in [0.15, 0.2) is 72.8 Å². The van der Waals surface area contributed by atoms with Crippen molar-refractivity contribution < 1.29 is 24.3 Å². The van der Waals surface area contributed by atoms with Gasteiger partial charge in [-0.2, -0.15) is 0 Å². The van der Waals surface area contributed by atoms with Crippen molar-refractivity contribution in [2.24, 2.45) is 0 Å². The summed E-state index contributed by atoms with van der Waals surface area (Å²) in [4.78, 5) is 50.6. The molecule has 0 aliphatic carbocycles. The van der Waals surface area contributed by atoms with Crippen LogP contribution in [0.5, 0.6) is 0 Å². The fourth-order valence-electron chi connectivity index (χ4n) is 3.49. The molecule has 2 N–H and O–H groups in total. The van der Waals surface area contributed by atoms with E-state index in [4.69, 9.17) is 0 Å². The first-order chi connectivity index (χ1) is 15.0. The Morgan fingerprint density at radius 1 is 0.839 bits per heavy atom. The minimum Gasteiger partial charge on any atom is -0.478 e. The summed E-state index contributed by atoms with van der Waals surface area (Å²) in [5.41, 5.74) is 1.68. The number of rotatable bonds is 6. The molecule has 0 bridgehead atoms. The van der Waals surface area contributed by atoms with Crippen LogP contribution in [0.4, 0.5) is 5.69 Å². The van der Waals surface area contributed by atoms with Crippen LogP contribution in [-0.4, -0.2) is 40.2 Å². The molecule has 0 saturated heterocycles. The summed E-state index contributed by atoms with van der Waals surface area (Å²) in [5, 5.41) is 11.8. The Morgan fingerprint density at radius 3 is 2.26 bits per heavy atom. The number of aromatic carboxylic acids is 1. The topological polar surface area (TPSA) is 104 Å². The van der Waals surface area contributed by atoms with Crippen molar-refractivity contribution >= 4 is 29.4 Å². The predicted octanol–water partition coefficient (Wildman–Crippen LogP) is 3.48. The van der Waals surface area contributed by atoms with E-state index in [-0.39, 0.29) is 40.4 Å². The molecular weight excluding hydrogens is 396 g/mol. The number of anilines is 1. The van der Waals surface area contributed by atoms with E-state index in [1.165, 1.54) is 35.2 Å². The Morgan fingerprint density at radius 2 is 1.52 bits per heavy atom. The molecular formula is C24H18N2O5. The largest absolute Gasteiger partial charge is 0.478 e. The SMILES string of the molecule is O=C(Nc1ccccc1C(=O)O)c1ccc2c(c1)C(=O)N(CCc1ccccc1)C2=O. The van der Waals surface area contributed by atoms with E-state index >= 15 is 0 Å². The summed E-state index contributed by atoms with van der Waals surface area (Å²) < 4.78 is 0. The van der Waals surface area contributed by atoms with Crippen LogP contribution in [0.1, 0.15) is 47.0 Å². The first-order valence-electron chi connectivity index (χ1n) is 9.63. The first-order valence-corrected chi connectivity index (χ1v) is 9.63. The number of carboxylic acid groups (broad SMARTS) is 1. The van der Waals surface area contributed by atoms with Gasteiger partial charge in [0.2, 0.25) is 0 Å². The number of hydrogen-bond donors (Lipinski definition) is 2. The van der Waals surface area contributed by atoms with Crippen molar-refractivity contribution in [1.29, 1.82) is 0 Å². The van der Waals surface area contributed by atoms with Crippen molar-refractivity contribution in [2.45, 2.75) is 6.42 Å². The quantitative estimate of drug-likeness (QED) is 0.601. The normalized spacial score (nSPS) is 12.6. The Kier molecular flexibility index (Phi) is 5.32. The van der Waals surface area contributed by atoms with E-state index in [1.807, 2.05) is 30.3 Å². The summed E-state index contributed by atoms with van der Waals surface area (Å²) in [7, 11) is 0. The van der Waals surface area contributed by atoms with E-state index in [0.29, 0.717) is 6.42 Å². The molecule has 0 radical (unpaired) electrons. The Balaban J connectivity index is 1.53. The van der Waals surface area contributed by atoms with E-state index in [1.54, 1.807) is 12.1 Å². The van der Waals surface area contributed by atoms with Gasteiger partial charge in [-0.15, -0.1) is 0 Å². The monoisotopic (exact) mass is 414 g/mol. The van der Waals surface area contributed by atoms with Crippen molar-refractivity contribution in [2.75, 3.05) is 11.9 Å². The third-order valence-corrected chi connectivity index (χ3v) is 5.11. The molecule has 7 heteroatoms. The Hall–Kier alpha value is -4.26. The lowest BCUT2D eigenvalue weighted by Crippen LogP contribution is -2.31. The third kappa shape index (κ3) is 3.93. The van der Waals surface area contributed by atoms with Gasteiger partial charge in [-0.25, -0.2) is 4.79 Å². The number of carbonyl (C=O) groups is 4. The van der Waals surface area contributed by atoms with Crippen molar-refractivity contribution in [3.05, 3.63) is 101 Å². The molecule has 3 aromatic rings. The van der Waals surface area contributed by atoms with Crippen LogP contribution in [0.3, 0.4) is 0 Å². The van der Waals surface area contributed by atoms with Gasteiger partial charge in [0.25, 0.3) is 17.7 Å². The van der Waals surface area contributed by atoms with Gasteiger partial charge in [0.05, 0.1) is 22.4 Å². The maximum atomic E-state index is 12.8. The highest BCUT2D eigenvalue weighted by atomic mass is 16.4. The maximum Gasteiger partial charge on any atom is 0.337 e. The summed E-state index contributed by atoms with van der Waals surface area (Å²) >= 11 is 0. The van der Waals surface area contributed by atoms with E-state index in [2.05, 4.69) is 5.32 Å². The van der Waals surface area contributed by atoms with Crippen LogP contribution >= 0.6 is 0 Å². The molecule has 1 aliphatic heterocycles. The zero-order valence-electron chi connectivity index (χ0n) is 16.4. The van der Waals surface area contributed by atoms with E-state index in [9.17, 15) is 24.3 Å². The minimum atomic E-state index is -1.17. The molecule has 3 amide bonds. The van der Waals surface area contributed by atoms with Crippen LogP contribution in [-0.2, 0) is 6.42 Å². The molecule has 0 atom stereocenters. The smallest absolute Gasteiger partial charge is 0.337 e. The first kappa shape index (κ1) is 20.0. The molecule has 4 rings (SSSR count). The zero-order valence-corrected chi connectivity index (χ0v) is 16.4. The lowest BCUT2D eigenvalue weighted by atomic mass is 10.0. The Labute approximate surface area is 177 Å². The fraction of sp³-hybridized carbons (Fsp3) is 0.0833. The van der Waals surface area contributed by atoms with Crippen LogP contribution in [0.2, 0.25) is 0 Å². The van der Waals surface area contributed by atoms with Crippen LogP contribution in [0, 0.1) is 0 Å². The summed E-state index contributed by atoms with van der Waals surface area (Å²) in [6.45, 7) is 0.240. The number of para-hydroxylation sites is 1. The fourth-order valence-corrected chi connectivity index (χ4v) is 3.49. The van der Waals surface area contributed by atoms with Crippen LogP contribution < -0.4 is 5.32 Å². The van der Waals surface area contributed by atoms with Crippen LogP contribution in [0.25, 0.3) is 0 Å². The predicted molar refractivity (Wildman–Crippen MR) is 113 cm³/mol. The number of hydrogen-bond acceptors (Lipinski definition) is 4. The molecule has 3 aromatic carbocycles. The maximum absolute atomic E-state index is 12.8. The number of fused-ring (bicyclic) bond motifs is 1. The number of nitrogens with one attached hydrogen (secondary N) is 1. The highest BCUT2D eigenvalue weighted by Crippen LogP contribution is 2.25. The zero-order chi connectivity index (χ0) is 22.0. The molecule has 1 aliphatic rings. The van der Waals surface area contributed by atoms with Gasteiger partial charge in [-0.3, -0.25) is 19.3 Å². The second-order valence-electron chi connectivity index (χ2n) is 7.06. The molecule has 1 heterocycles. The van der Waals surface area contributed by atoms with Crippen molar-refractivity contribution in [3.63, 3.8) is 0 Å². The average molecular weight is 414 g/mol. The molecule has 0 unspecified atom stereocenters. The number of carboxylic acids is 1. The second-order valence-corrected chi connectivity index (χ2v) is 7.06. The minimum absolute atomic E-state index is 0.0460. The van der Waals surface area contributed by atoms with Gasteiger partial charge in [0.1, 0.15) is 0 Å². The molecule has 7 nitrogen and oxygen atoms in total. The summed E-state index contributed by atoms with van der Waals surface area (Å²) in [6.07, 6.45) is 0.533. The van der Waals surface area contributed by atoms with Gasteiger partial charge >= 0.3 is 5.97 Å². The average Bonchev–Trinajstić information content (AvgIpc) is 3.02. The highest BCUT2D eigenvalue weighted by molar-refractivity contribution is 6.22. The lowest BCUT2D eigenvalue weighted by molar-refractivity contribution is 0.0652.